The molecule has 1 atom stereocenters. The van der Waals surface area contributed by atoms with Crippen molar-refractivity contribution in [2.45, 2.75) is 12.6 Å². The lowest BCUT2D eigenvalue weighted by atomic mass is 9.93. The van der Waals surface area contributed by atoms with Crippen molar-refractivity contribution in [3.05, 3.63) is 23.3 Å². The lowest BCUT2D eigenvalue weighted by Crippen LogP contribution is -2.45. The average molecular weight is 278 g/mol. The average Bonchev–Trinajstić information content (AvgIpc) is 2.53. The van der Waals surface area contributed by atoms with E-state index in [0.717, 1.165) is 50.9 Å². The second-order valence-corrected chi connectivity index (χ2v) is 5.20. The highest BCUT2D eigenvalue weighted by molar-refractivity contribution is 5.49. The highest BCUT2D eigenvalue weighted by Gasteiger charge is 2.30. The highest BCUT2D eigenvalue weighted by Crippen LogP contribution is 2.38. The lowest BCUT2D eigenvalue weighted by Gasteiger charge is -2.38. The van der Waals surface area contributed by atoms with Gasteiger partial charge in [-0.2, -0.15) is 0 Å². The van der Waals surface area contributed by atoms with E-state index in [2.05, 4.69) is 16.3 Å². The van der Waals surface area contributed by atoms with E-state index in [1.807, 2.05) is 6.07 Å². The predicted octanol–water partition coefficient (Wildman–Crippen LogP) is 1.18. The van der Waals surface area contributed by atoms with Crippen LogP contribution >= 0.6 is 0 Å². The number of hydrogen-bond donors (Lipinski definition) is 1. The van der Waals surface area contributed by atoms with E-state index >= 15 is 0 Å². The number of ether oxygens (including phenoxy) is 3. The first kappa shape index (κ1) is 13.7. The fourth-order valence-corrected chi connectivity index (χ4v) is 3.11. The standard InChI is InChI=1S/C15H22N2O3/c1-18-12-7-11-9-16-10-13(15(11)14(8-12)19-2)17-3-5-20-6-4-17/h7-8,13,16H,3-6,9-10H2,1-2H3/t13-/m0/s1. The third-order valence-corrected chi connectivity index (χ3v) is 4.13. The lowest BCUT2D eigenvalue weighted by molar-refractivity contribution is 0.0141. The van der Waals surface area contributed by atoms with E-state index in [1.54, 1.807) is 14.2 Å². The monoisotopic (exact) mass is 278 g/mol. The van der Waals surface area contributed by atoms with Gasteiger partial charge in [0.15, 0.2) is 0 Å². The number of hydrogen-bond acceptors (Lipinski definition) is 5. The van der Waals surface area contributed by atoms with Crippen LogP contribution in [0.1, 0.15) is 17.2 Å². The van der Waals surface area contributed by atoms with Gasteiger partial charge >= 0.3 is 0 Å². The Balaban J connectivity index is 1.97. The summed E-state index contributed by atoms with van der Waals surface area (Å²) >= 11 is 0. The van der Waals surface area contributed by atoms with E-state index in [9.17, 15) is 0 Å². The normalized spacial score (nSPS) is 23.2. The Morgan fingerprint density at radius 3 is 2.70 bits per heavy atom. The fourth-order valence-electron chi connectivity index (χ4n) is 3.11. The van der Waals surface area contributed by atoms with Gasteiger partial charge in [0.25, 0.3) is 0 Å². The first-order valence-corrected chi connectivity index (χ1v) is 7.11. The summed E-state index contributed by atoms with van der Waals surface area (Å²) in [5.74, 6) is 1.78. The van der Waals surface area contributed by atoms with E-state index in [1.165, 1.54) is 11.1 Å². The molecule has 1 aromatic rings. The molecular formula is C15H22N2O3. The molecule has 5 heteroatoms. The zero-order valence-corrected chi connectivity index (χ0v) is 12.1. The van der Waals surface area contributed by atoms with Gasteiger partial charge in [-0.15, -0.1) is 0 Å². The van der Waals surface area contributed by atoms with Crippen molar-refractivity contribution >= 4 is 0 Å². The maximum atomic E-state index is 5.61. The van der Waals surface area contributed by atoms with Crippen molar-refractivity contribution in [2.75, 3.05) is 47.1 Å². The van der Waals surface area contributed by atoms with Crippen LogP contribution in [-0.4, -0.2) is 52.0 Å². The van der Waals surface area contributed by atoms with Crippen LogP contribution in [0.4, 0.5) is 0 Å². The van der Waals surface area contributed by atoms with E-state index in [-0.39, 0.29) is 0 Å². The van der Waals surface area contributed by atoms with E-state index < -0.39 is 0 Å². The molecular weight excluding hydrogens is 256 g/mol. The van der Waals surface area contributed by atoms with Crippen molar-refractivity contribution in [2.24, 2.45) is 0 Å². The van der Waals surface area contributed by atoms with Crippen LogP contribution in [0.2, 0.25) is 0 Å². The topological polar surface area (TPSA) is 43.0 Å². The summed E-state index contributed by atoms with van der Waals surface area (Å²) in [5, 5.41) is 3.50. The molecule has 0 unspecified atom stereocenters. The largest absolute Gasteiger partial charge is 0.497 e. The molecule has 0 bridgehead atoms. The zero-order chi connectivity index (χ0) is 13.9. The Kier molecular flexibility index (Phi) is 4.10. The van der Waals surface area contributed by atoms with Gasteiger partial charge in [0.1, 0.15) is 11.5 Å². The molecule has 0 spiro atoms. The maximum absolute atomic E-state index is 5.61. The van der Waals surface area contributed by atoms with Crippen LogP contribution in [0, 0.1) is 0 Å². The van der Waals surface area contributed by atoms with Crippen molar-refractivity contribution in [3.63, 3.8) is 0 Å². The Bertz CT molecular complexity index is 455. The first-order valence-electron chi connectivity index (χ1n) is 7.11. The third kappa shape index (κ3) is 2.49. The fraction of sp³-hybridized carbons (Fsp3) is 0.600. The Morgan fingerprint density at radius 2 is 2.00 bits per heavy atom. The summed E-state index contributed by atoms with van der Waals surface area (Å²) in [6.45, 7) is 5.38. The number of methoxy groups -OCH3 is 2. The van der Waals surface area contributed by atoms with Crippen LogP contribution in [0.3, 0.4) is 0 Å². The third-order valence-electron chi connectivity index (χ3n) is 4.13. The van der Waals surface area contributed by atoms with E-state index in [0.29, 0.717) is 6.04 Å². The van der Waals surface area contributed by atoms with Gasteiger partial charge in [-0.25, -0.2) is 0 Å². The molecule has 110 valence electrons. The van der Waals surface area contributed by atoms with Gasteiger partial charge in [-0.05, 0) is 11.6 Å². The van der Waals surface area contributed by atoms with Crippen LogP contribution < -0.4 is 14.8 Å². The number of nitrogens with one attached hydrogen (secondary N) is 1. The summed E-state index contributed by atoms with van der Waals surface area (Å²) in [7, 11) is 3.42. The minimum atomic E-state index is 0.350. The minimum absolute atomic E-state index is 0.350. The smallest absolute Gasteiger partial charge is 0.127 e. The molecule has 1 saturated heterocycles. The zero-order valence-electron chi connectivity index (χ0n) is 12.1. The molecule has 3 rings (SSSR count). The van der Waals surface area contributed by atoms with Crippen LogP contribution in [-0.2, 0) is 11.3 Å². The molecule has 0 aliphatic carbocycles. The summed E-state index contributed by atoms with van der Waals surface area (Å²) in [4.78, 5) is 2.48. The van der Waals surface area contributed by atoms with Gasteiger partial charge < -0.3 is 19.5 Å². The van der Waals surface area contributed by atoms with Crippen LogP contribution in [0.5, 0.6) is 11.5 Å². The molecule has 1 N–H and O–H groups in total. The molecule has 20 heavy (non-hydrogen) atoms. The molecule has 2 aliphatic heterocycles. The maximum Gasteiger partial charge on any atom is 0.127 e. The molecule has 0 aromatic heterocycles. The highest BCUT2D eigenvalue weighted by atomic mass is 16.5. The first-order chi connectivity index (χ1) is 9.83. The summed E-state index contributed by atoms with van der Waals surface area (Å²) in [6, 6.07) is 4.44. The van der Waals surface area contributed by atoms with Crippen molar-refractivity contribution in [1.29, 1.82) is 0 Å². The molecule has 0 radical (unpaired) electrons. The SMILES string of the molecule is COc1cc2c(c(OC)c1)[C@@H](N1CCOCC1)CNC2. The van der Waals surface area contributed by atoms with Gasteiger partial charge in [0.2, 0.25) is 0 Å². The molecule has 2 aliphatic rings. The molecule has 2 heterocycles. The van der Waals surface area contributed by atoms with Crippen LogP contribution in [0.15, 0.2) is 12.1 Å². The molecule has 0 amide bonds. The summed E-state index contributed by atoms with van der Waals surface area (Å²) in [5.41, 5.74) is 2.57. The second kappa shape index (κ2) is 5.99. The number of morpholine rings is 1. The van der Waals surface area contributed by atoms with Crippen molar-refractivity contribution < 1.29 is 14.2 Å². The summed E-state index contributed by atoms with van der Waals surface area (Å²) in [6.07, 6.45) is 0. The van der Waals surface area contributed by atoms with Crippen molar-refractivity contribution in [1.82, 2.24) is 10.2 Å². The van der Waals surface area contributed by atoms with Gasteiger partial charge in [0, 0.05) is 37.8 Å². The second-order valence-electron chi connectivity index (χ2n) is 5.20. The number of fused-ring (bicyclic) bond motifs is 1. The molecule has 1 fully saturated rings. The minimum Gasteiger partial charge on any atom is -0.497 e. The van der Waals surface area contributed by atoms with Gasteiger partial charge in [0.05, 0.1) is 33.5 Å². The Labute approximate surface area is 119 Å². The molecule has 5 nitrogen and oxygen atoms in total. The Hall–Kier alpha value is -1.30. The number of benzene rings is 1. The molecule has 1 aromatic carbocycles. The van der Waals surface area contributed by atoms with E-state index in [4.69, 9.17) is 14.2 Å². The Morgan fingerprint density at radius 1 is 1.20 bits per heavy atom. The molecule has 0 saturated carbocycles. The number of nitrogens with zero attached hydrogens (tertiary/aromatic N) is 1. The number of rotatable bonds is 3. The van der Waals surface area contributed by atoms with Crippen LogP contribution in [0.25, 0.3) is 0 Å². The predicted molar refractivity (Wildman–Crippen MR) is 76.4 cm³/mol. The summed E-state index contributed by atoms with van der Waals surface area (Å²) < 4.78 is 16.4. The van der Waals surface area contributed by atoms with Gasteiger partial charge in [-0.1, -0.05) is 0 Å². The van der Waals surface area contributed by atoms with Crippen molar-refractivity contribution in [3.8, 4) is 11.5 Å². The quantitative estimate of drug-likeness (QED) is 0.899. The van der Waals surface area contributed by atoms with Gasteiger partial charge in [-0.3, -0.25) is 4.90 Å².